The Bertz CT molecular complexity index is 655. The minimum atomic E-state index is 0.482. The zero-order valence-electron chi connectivity index (χ0n) is 14.4. The van der Waals surface area contributed by atoms with Gasteiger partial charge in [-0.1, -0.05) is 30.3 Å². The largest absolute Gasteiger partial charge is 0.354 e. The summed E-state index contributed by atoms with van der Waals surface area (Å²) in [4.78, 5) is 8.54. The van der Waals surface area contributed by atoms with Crippen LogP contribution in [0.3, 0.4) is 0 Å². The third kappa shape index (κ3) is 4.13. The molecule has 0 saturated heterocycles. The number of aromatic nitrogens is 3. The van der Waals surface area contributed by atoms with Crippen LogP contribution in [-0.2, 0) is 13.6 Å². The topological polar surface area (TPSA) is 67.1 Å². The molecule has 2 aromatic rings. The summed E-state index contributed by atoms with van der Waals surface area (Å²) in [5.74, 6) is 2.42. The van der Waals surface area contributed by atoms with E-state index in [1.807, 2.05) is 14.1 Å². The van der Waals surface area contributed by atoms with Gasteiger partial charge in [-0.3, -0.25) is 9.67 Å². The first-order chi connectivity index (χ1) is 11.8. The van der Waals surface area contributed by atoms with Crippen LogP contribution in [0.25, 0.3) is 0 Å². The van der Waals surface area contributed by atoms with E-state index in [-0.39, 0.29) is 0 Å². The van der Waals surface area contributed by atoms with Crippen LogP contribution in [-0.4, -0.2) is 33.8 Å². The summed E-state index contributed by atoms with van der Waals surface area (Å²) in [5.41, 5.74) is 1.47. The van der Waals surface area contributed by atoms with Gasteiger partial charge in [0.2, 0.25) is 0 Å². The number of aliphatic imine (C=N–C) groups is 1. The van der Waals surface area contributed by atoms with Gasteiger partial charge in [0.15, 0.2) is 5.96 Å². The smallest absolute Gasteiger partial charge is 0.191 e. The molecule has 24 heavy (non-hydrogen) atoms. The molecule has 0 amide bonds. The molecule has 0 bridgehead atoms. The second-order valence-electron chi connectivity index (χ2n) is 6.33. The highest BCUT2D eigenvalue weighted by atomic mass is 15.3. The first-order valence-corrected chi connectivity index (χ1v) is 8.61. The van der Waals surface area contributed by atoms with E-state index in [4.69, 9.17) is 0 Å². The lowest BCUT2D eigenvalue weighted by Gasteiger charge is -2.30. The van der Waals surface area contributed by atoms with Gasteiger partial charge in [0.05, 0.1) is 6.54 Å². The SMILES string of the molecule is CN=C(NCc1ncnn1C)NC1CCC(c2ccccc2)CC1. The Hall–Kier alpha value is -2.37. The fourth-order valence-corrected chi connectivity index (χ4v) is 3.33. The average Bonchev–Trinajstić information content (AvgIpc) is 3.05. The zero-order chi connectivity index (χ0) is 16.8. The third-order valence-corrected chi connectivity index (χ3v) is 4.78. The van der Waals surface area contributed by atoms with Gasteiger partial charge in [0.25, 0.3) is 0 Å². The van der Waals surface area contributed by atoms with Crippen LogP contribution in [0.15, 0.2) is 41.7 Å². The Kier molecular flexibility index (Phi) is 5.46. The molecule has 0 aliphatic heterocycles. The lowest BCUT2D eigenvalue weighted by molar-refractivity contribution is 0.371. The van der Waals surface area contributed by atoms with Gasteiger partial charge >= 0.3 is 0 Å². The molecule has 1 aromatic carbocycles. The van der Waals surface area contributed by atoms with Crippen molar-refractivity contribution >= 4 is 5.96 Å². The van der Waals surface area contributed by atoms with Gasteiger partial charge < -0.3 is 10.6 Å². The molecule has 1 aliphatic rings. The van der Waals surface area contributed by atoms with Crippen molar-refractivity contribution in [3.63, 3.8) is 0 Å². The van der Waals surface area contributed by atoms with E-state index in [1.54, 1.807) is 11.0 Å². The summed E-state index contributed by atoms with van der Waals surface area (Å²) in [6.45, 7) is 0.621. The van der Waals surface area contributed by atoms with Gasteiger partial charge in [-0.25, -0.2) is 4.98 Å². The van der Waals surface area contributed by atoms with Crippen molar-refractivity contribution in [1.82, 2.24) is 25.4 Å². The molecule has 0 atom stereocenters. The van der Waals surface area contributed by atoms with Crippen molar-refractivity contribution in [2.45, 2.75) is 44.2 Å². The molecule has 6 nitrogen and oxygen atoms in total. The van der Waals surface area contributed by atoms with Crippen LogP contribution in [0.1, 0.15) is 43.0 Å². The molecule has 1 aromatic heterocycles. The van der Waals surface area contributed by atoms with E-state index < -0.39 is 0 Å². The third-order valence-electron chi connectivity index (χ3n) is 4.78. The van der Waals surface area contributed by atoms with Crippen molar-refractivity contribution in [2.75, 3.05) is 7.05 Å². The van der Waals surface area contributed by atoms with E-state index in [2.05, 4.69) is 56.0 Å². The number of guanidine groups is 1. The van der Waals surface area contributed by atoms with Crippen molar-refractivity contribution in [3.05, 3.63) is 48.0 Å². The predicted molar refractivity (Wildman–Crippen MR) is 95.8 cm³/mol. The van der Waals surface area contributed by atoms with Crippen molar-refractivity contribution in [3.8, 4) is 0 Å². The highest BCUT2D eigenvalue weighted by Crippen LogP contribution is 2.32. The molecular formula is C18H26N6. The first-order valence-electron chi connectivity index (χ1n) is 8.61. The molecular weight excluding hydrogens is 300 g/mol. The van der Waals surface area contributed by atoms with Gasteiger partial charge in [-0.15, -0.1) is 0 Å². The Morgan fingerprint density at radius 2 is 1.96 bits per heavy atom. The summed E-state index contributed by atoms with van der Waals surface area (Å²) in [6, 6.07) is 11.3. The van der Waals surface area contributed by atoms with Gasteiger partial charge in [-0.05, 0) is 37.2 Å². The predicted octanol–water partition coefficient (Wildman–Crippen LogP) is 2.21. The number of nitrogens with zero attached hydrogens (tertiary/aromatic N) is 4. The van der Waals surface area contributed by atoms with Crippen LogP contribution >= 0.6 is 0 Å². The second-order valence-corrected chi connectivity index (χ2v) is 6.33. The summed E-state index contributed by atoms with van der Waals surface area (Å²) in [7, 11) is 3.70. The molecule has 1 saturated carbocycles. The number of nitrogens with one attached hydrogen (secondary N) is 2. The van der Waals surface area contributed by atoms with Gasteiger partial charge in [0.1, 0.15) is 12.2 Å². The number of aryl methyl sites for hydroxylation is 1. The van der Waals surface area contributed by atoms with Crippen LogP contribution in [0.4, 0.5) is 0 Å². The van der Waals surface area contributed by atoms with E-state index in [0.29, 0.717) is 18.5 Å². The minimum Gasteiger partial charge on any atom is -0.354 e. The van der Waals surface area contributed by atoms with Gasteiger partial charge in [0, 0.05) is 20.1 Å². The number of benzene rings is 1. The maximum Gasteiger partial charge on any atom is 0.191 e. The molecule has 0 radical (unpaired) electrons. The van der Waals surface area contributed by atoms with Crippen molar-refractivity contribution in [2.24, 2.45) is 12.0 Å². The second kappa shape index (κ2) is 7.95. The lowest BCUT2D eigenvalue weighted by atomic mass is 9.82. The fraction of sp³-hybridized carbons (Fsp3) is 0.500. The molecule has 0 spiro atoms. The van der Waals surface area contributed by atoms with Crippen LogP contribution in [0.5, 0.6) is 0 Å². The highest BCUT2D eigenvalue weighted by molar-refractivity contribution is 5.79. The molecule has 0 unspecified atom stereocenters. The molecule has 1 aliphatic carbocycles. The average molecular weight is 326 g/mol. The molecule has 6 heteroatoms. The van der Waals surface area contributed by atoms with Crippen molar-refractivity contribution in [1.29, 1.82) is 0 Å². The number of hydrogen-bond donors (Lipinski definition) is 2. The fourth-order valence-electron chi connectivity index (χ4n) is 3.33. The number of hydrogen-bond acceptors (Lipinski definition) is 3. The maximum absolute atomic E-state index is 4.33. The van der Waals surface area contributed by atoms with Crippen LogP contribution < -0.4 is 10.6 Å². The zero-order valence-corrected chi connectivity index (χ0v) is 14.4. The molecule has 1 fully saturated rings. The van der Waals surface area contributed by atoms with Crippen LogP contribution in [0, 0.1) is 0 Å². The lowest BCUT2D eigenvalue weighted by Crippen LogP contribution is -2.44. The molecule has 128 valence electrons. The summed E-state index contributed by atoms with van der Waals surface area (Å²) >= 11 is 0. The molecule has 3 rings (SSSR count). The summed E-state index contributed by atoms with van der Waals surface area (Å²) in [6.07, 6.45) is 6.36. The standard InChI is InChI=1S/C18H26N6/c1-19-18(20-12-17-21-13-22-24(17)2)23-16-10-8-15(9-11-16)14-6-4-3-5-7-14/h3-7,13,15-16H,8-12H2,1-2H3,(H2,19,20,23). The van der Waals surface area contributed by atoms with E-state index >= 15 is 0 Å². The Morgan fingerprint density at radius 1 is 1.21 bits per heavy atom. The number of rotatable bonds is 4. The normalized spacial score (nSPS) is 21.5. The van der Waals surface area contributed by atoms with Crippen molar-refractivity contribution < 1.29 is 0 Å². The Morgan fingerprint density at radius 3 is 2.58 bits per heavy atom. The Labute approximate surface area is 143 Å². The summed E-state index contributed by atoms with van der Waals surface area (Å²) < 4.78 is 1.77. The quantitative estimate of drug-likeness (QED) is 0.668. The maximum atomic E-state index is 4.33. The minimum absolute atomic E-state index is 0.482. The summed E-state index contributed by atoms with van der Waals surface area (Å²) in [5, 5.41) is 10.9. The van der Waals surface area contributed by atoms with Crippen LogP contribution in [0.2, 0.25) is 0 Å². The van der Waals surface area contributed by atoms with E-state index in [0.717, 1.165) is 11.8 Å². The first kappa shape index (κ1) is 16.5. The monoisotopic (exact) mass is 326 g/mol. The highest BCUT2D eigenvalue weighted by Gasteiger charge is 2.22. The van der Waals surface area contributed by atoms with Gasteiger partial charge in [-0.2, -0.15) is 5.10 Å². The molecule has 2 N–H and O–H groups in total. The molecule has 1 heterocycles. The Balaban J connectivity index is 1.47. The van der Waals surface area contributed by atoms with E-state index in [1.165, 1.54) is 31.2 Å². The van der Waals surface area contributed by atoms with E-state index in [9.17, 15) is 0 Å².